The van der Waals surface area contributed by atoms with Crippen LogP contribution in [0, 0.1) is 0 Å². The molecule has 0 atom stereocenters. The van der Waals surface area contributed by atoms with Gasteiger partial charge in [-0.05, 0) is 34.8 Å². The van der Waals surface area contributed by atoms with Gasteiger partial charge < -0.3 is 0 Å². The Bertz CT molecular complexity index is 785. The summed E-state index contributed by atoms with van der Waals surface area (Å²) in [4.78, 5) is 0. The predicted octanol–water partition coefficient (Wildman–Crippen LogP) is 5.91. The van der Waals surface area contributed by atoms with Gasteiger partial charge in [0.15, 0.2) is 0 Å². The molecule has 0 amide bonds. The zero-order chi connectivity index (χ0) is 18.8. The van der Waals surface area contributed by atoms with Crippen molar-refractivity contribution in [3.8, 4) is 0 Å². The quantitative estimate of drug-likeness (QED) is 0.341. The number of rotatable bonds is 8. The summed E-state index contributed by atoms with van der Waals surface area (Å²) < 4.78 is 0. The molecule has 138 valence electrons. The van der Waals surface area contributed by atoms with E-state index in [1.54, 1.807) is 0 Å². The Morgan fingerprint density at radius 2 is 1.07 bits per heavy atom. The zero-order valence-electron chi connectivity index (χ0n) is 16.2. The van der Waals surface area contributed by atoms with E-state index in [-0.39, 0.29) is 0 Å². The molecule has 0 nitrogen and oxygen atoms in total. The highest BCUT2D eigenvalue weighted by Gasteiger charge is 2.24. The van der Waals surface area contributed by atoms with Crippen molar-refractivity contribution in [1.82, 2.24) is 0 Å². The molecule has 3 aromatic rings. The highest BCUT2D eigenvalue weighted by molar-refractivity contribution is 7.94. The Balaban J connectivity index is 2.19. The van der Waals surface area contributed by atoms with Crippen LogP contribution in [-0.4, -0.2) is 5.45 Å². The molecule has 0 aliphatic heterocycles. The number of unbranched alkanes of at least 4 members (excludes halogenated alkanes) is 4. The normalized spacial score (nSPS) is 11.0. The van der Waals surface area contributed by atoms with Gasteiger partial charge in [0.1, 0.15) is 0 Å². The van der Waals surface area contributed by atoms with Crippen molar-refractivity contribution in [1.29, 1.82) is 0 Å². The lowest BCUT2D eigenvalue weighted by atomic mass is 10.2. The third kappa shape index (κ3) is 4.72. The van der Waals surface area contributed by atoms with Crippen molar-refractivity contribution in [2.45, 2.75) is 39.0 Å². The second-order valence-electron chi connectivity index (χ2n) is 6.86. The Morgan fingerprint density at radius 3 is 1.48 bits per heavy atom. The van der Waals surface area contributed by atoms with E-state index in [9.17, 15) is 0 Å². The number of hydrogen-bond donors (Lipinski definition) is 0. The SMILES string of the molecule is CCCCCCC=C=P(c1ccccc1)(c1ccccc1)c1ccccc1. The summed E-state index contributed by atoms with van der Waals surface area (Å²) in [5, 5.41) is 4.10. The van der Waals surface area contributed by atoms with Gasteiger partial charge in [0, 0.05) is 6.89 Å². The van der Waals surface area contributed by atoms with E-state index in [1.807, 2.05) is 0 Å². The second kappa shape index (κ2) is 10.2. The van der Waals surface area contributed by atoms with E-state index in [2.05, 4.69) is 109 Å². The molecular formula is C26H29P. The molecule has 0 radical (unpaired) electrons. The summed E-state index contributed by atoms with van der Waals surface area (Å²) >= 11 is 0. The van der Waals surface area contributed by atoms with Crippen molar-refractivity contribution in [3.63, 3.8) is 0 Å². The fraction of sp³-hybridized carbons (Fsp3) is 0.231. The van der Waals surface area contributed by atoms with Gasteiger partial charge in [-0.2, -0.15) is 0 Å². The molecule has 0 aliphatic rings. The monoisotopic (exact) mass is 372 g/mol. The highest BCUT2D eigenvalue weighted by atomic mass is 31.2. The predicted molar refractivity (Wildman–Crippen MR) is 123 cm³/mol. The first kappa shape index (κ1) is 19.5. The lowest BCUT2D eigenvalue weighted by Crippen LogP contribution is -2.25. The minimum atomic E-state index is -1.91. The maximum atomic E-state index is 3.95. The fourth-order valence-electron chi connectivity index (χ4n) is 3.50. The zero-order valence-corrected chi connectivity index (χ0v) is 17.1. The standard InChI is InChI=1S/C26H29P/c1-2-3-4-5-6-16-23-27(24-17-10-7-11-18-24,25-19-12-8-13-20-25)26-21-14-9-15-22-26/h7-22H,2-6H2,1H3. The topological polar surface area (TPSA) is 0 Å². The molecule has 0 saturated heterocycles. The Kier molecular flexibility index (Phi) is 7.35. The van der Waals surface area contributed by atoms with E-state index in [1.165, 1.54) is 41.6 Å². The van der Waals surface area contributed by atoms with Crippen molar-refractivity contribution in [2.24, 2.45) is 0 Å². The maximum absolute atomic E-state index is 3.95. The molecule has 1 heteroatoms. The van der Waals surface area contributed by atoms with Crippen LogP contribution in [0.2, 0.25) is 0 Å². The molecule has 0 fully saturated rings. The fourth-order valence-corrected chi connectivity index (χ4v) is 7.10. The summed E-state index contributed by atoms with van der Waals surface area (Å²) in [6.45, 7) is 0.348. The molecule has 0 N–H and O–H groups in total. The minimum absolute atomic E-state index is 1.11. The van der Waals surface area contributed by atoms with Crippen LogP contribution in [0.5, 0.6) is 0 Å². The minimum Gasteiger partial charge on any atom is -0.117 e. The van der Waals surface area contributed by atoms with Crippen LogP contribution in [0.1, 0.15) is 39.0 Å². The van der Waals surface area contributed by atoms with Crippen LogP contribution in [0.4, 0.5) is 0 Å². The summed E-state index contributed by atoms with van der Waals surface area (Å²) in [5.74, 6) is 0. The lowest BCUT2D eigenvalue weighted by Gasteiger charge is -2.26. The average molecular weight is 372 g/mol. The van der Waals surface area contributed by atoms with Gasteiger partial charge >= 0.3 is 0 Å². The van der Waals surface area contributed by atoms with Crippen molar-refractivity contribution >= 4 is 28.3 Å². The van der Waals surface area contributed by atoms with E-state index < -0.39 is 6.89 Å². The molecule has 0 saturated carbocycles. The van der Waals surface area contributed by atoms with Gasteiger partial charge in [0.2, 0.25) is 0 Å². The molecule has 3 aromatic carbocycles. The second-order valence-corrected chi connectivity index (χ2v) is 10.0. The molecule has 0 aliphatic carbocycles. The van der Waals surface area contributed by atoms with Gasteiger partial charge in [0.05, 0.1) is 0 Å². The first-order valence-electron chi connectivity index (χ1n) is 10.0. The largest absolute Gasteiger partial charge is 0.117 e. The summed E-state index contributed by atoms with van der Waals surface area (Å²) in [7, 11) is 0. The van der Waals surface area contributed by atoms with E-state index in [0.29, 0.717) is 0 Å². The third-order valence-electron chi connectivity index (χ3n) is 4.92. The molecule has 0 unspecified atom stereocenters. The number of allylic oxidation sites excluding steroid dienone is 1. The third-order valence-corrected chi connectivity index (χ3v) is 8.71. The Hall–Kier alpha value is -2.26. The van der Waals surface area contributed by atoms with Gasteiger partial charge in [-0.1, -0.05) is 117 Å². The molecule has 0 aromatic heterocycles. The first-order valence-corrected chi connectivity index (χ1v) is 11.8. The summed E-state index contributed by atoms with van der Waals surface area (Å²) in [5.41, 5.74) is 3.95. The summed E-state index contributed by atoms with van der Waals surface area (Å²) in [6.07, 6.45) is 8.58. The molecule has 3 rings (SSSR count). The van der Waals surface area contributed by atoms with Crippen molar-refractivity contribution < 1.29 is 0 Å². The van der Waals surface area contributed by atoms with E-state index >= 15 is 0 Å². The lowest BCUT2D eigenvalue weighted by molar-refractivity contribution is 0.675. The molecule has 0 heterocycles. The molecule has 0 spiro atoms. The van der Waals surface area contributed by atoms with Crippen LogP contribution in [-0.2, 0) is 0 Å². The van der Waals surface area contributed by atoms with Gasteiger partial charge in [-0.15, -0.1) is 5.45 Å². The van der Waals surface area contributed by atoms with Crippen LogP contribution >= 0.6 is 6.89 Å². The van der Waals surface area contributed by atoms with Gasteiger partial charge in [0.25, 0.3) is 0 Å². The molecule has 0 bridgehead atoms. The van der Waals surface area contributed by atoms with E-state index in [4.69, 9.17) is 0 Å². The summed E-state index contributed by atoms with van der Waals surface area (Å²) in [6, 6.07) is 32.8. The van der Waals surface area contributed by atoms with Gasteiger partial charge in [-0.25, -0.2) is 0 Å². The Labute approximate surface area is 164 Å². The number of benzene rings is 3. The van der Waals surface area contributed by atoms with Gasteiger partial charge in [-0.3, -0.25) is 0 Å². The maximum Gasteiger partial charge on any atom is 0.0165 e. The van der Waals surface area contributed by atoms with Crippen LogP contribution in [0.3, 0.4) is 0 Å². The highest BCUT2D eigenvalue weighted by Crippen LogP contribution is 2.42. The Morgan fingerprint density at radius 1 is 0.630 bits per heavy atom. The van der Waals surface area contributed by atoms with E-state index in [0.717, 1.165) is 6.42 Å². The van der Waals surface area contributed by atoms with Crippen LogP contribution < -0.4 is 15.9 Å². The molecule has 27 heavy (non-hydrogen) atoms. The van der Waals surface area contributed by atoms with Crippen molar-refractivity contribution in [3.05, 3.63) is 97.1 Å². The molecular weight excluding hydrogens is 343 g/mol. The van der Waals surface area contributed by atoms with Crippen molar-refractivity contribution in [2.75, 3.05) is 0 Å². The van der Waals surface area contributed by atoms with Crippen LogP contribution in [0.15, 0.2) is 97.1 Å². The smallest absolute Gasteiger partial charge is 0.0165 e. The van der Waals surface area contributed by atoms with Crippen LogP contribution in [0.25, 0.3) is 0 Å². The number of hydrogen-bond acceptors (Lipinski definition) is 0. The average Bonchev–Trinajstić information content (AvgIpc) is 2.75. The first-order chi connectivity index (χ1) is 13.4.